The van der Waals surface area contributed by atoms with E-state index < -0.39 is 0 Å². The van der Waals surface area contributed by atoms with Gasteiger partial charge in [0.15, 0.2) is 6.29 Å². The molecule has 0 saturated carbocycles. The molecule has 0 aromatic carbocycles. The molecule has 2 aromatic rings. The van der Waals surface area contributed by atoms with Gasteiger partial charge in [-0.25, -0.2) is 4.98 Å². The van der Waals surface area contributed by atoms with E-state index >= 15 is 0 Å². The lowest BCUT2D eigenvalue weighted by Crippen LogP contribution is -2.07. The molecule has 0 radical (unpaired) electrons. The average Bonchev–Trinajstić information content (AvgIpc) is 2.77. The lowest BCUT2D eigenvalue weighted by molar-refractivity contribution is 0.112. The van der Waals surface area contributed by atoms with Crippen molar-refractivity contribution in [3.05, 3.63) is 28.7 Å². The number of carbonyl (C=O) groups excluding carboxylic acids is 1. The van der Waals surface area contributed by atoms with Gasteiger partial charge < -0.3 is 4.57 Å². The lowest BCUT2D eigenvalue weighted by Gasteiger charge is -2.19. The third-order valence-electron chi connectivity index (χ3n) is 3.69. The molecule has 0 spiro atoms. The van der Waals surface area contributed by atoms with Crippen molar-refractivity contribution in [3.63, 3.8) is 0 Å². The number of hydrogen-bond acceptors (Lipinski definition) is 2. The highest BCUT2D eigenvalue weighted by molar-refractivity contribution is 6.35. The molecule has 0 aliphatic rings. The first-order chi connectivity index (χ1) is 9.62. The Bertz CT molecular complexity index is 612. The first-order valence-corrected chi connectivity index (χ1v) is 7.63. The second-order valence-corrected chi connectivity index (χ2v) is 5.65. The fourth-order valence-electron chi connectivity index (χ4n) is 2.85. The van der Waals surface area contributed by atoms with E-state index in [4.69, 9.17) is 11.6 Å². The monoisotopic (exact) mass is 292 g/mol. The van der Waals surface area contributed by atoms with Gasteiger partial charge in [-0.05, 0) is 25.8 Å². The predicted molar refractivity (Wildman–Crippen MR) is 83.7 cm³/mol. The molecule has 20 heavy (non-hydrogen) atoms. The number of aromatic nitrogens is 2. The van der Waals surface area contributed by atoms with Crippen molar-refractivity contribution < 1.29 is 4.79 Å². The predicted octanol–water partition coefficient (Wildman–Crippen LogP) is 4.95. The van der Waals surface area contributed by atoms with Crippen molar-refractivity contribution in [1.29, 1.82) is 0 Å². The molecule has 0 atom stereocenters. The van der Waals surface area contributed by atoms with Crippen LogP contribution in [0, 0.1) is 6.92 Å². The van der Waals surface area contributed by atoms with Crippen molar-refractivity contribution in [3.8, 4) is 0 Å². The summed E-state index contributed by atoms with van der Waals surface area (Å²) in [6.07, 6.45) is 7.26. The van der Waals surface area contributed by atoms with E-state index in [0.29, 0.717) is 16.8 Å². The fourth-order valence-corrected chi connectivity index (χ4v) is 3.19. The molecule has 108 valence electrons. The zero-order valence-electron chi connectivity index (χ0n) is 12.3. The Labute approximate surface area is 125 Å². The zero-order chi connectivity index (χ0) is 14.7. The molecule has 2 rings (SSSR count). The smallest absolute Gasteiger partial charge is 0.152 e. The summed E-state index contributed by atoms with van der Waals surface area (Å²) < 4.78 is 2.21. The Balaban J connectivity index is 2.65. The highest BCUT2D eigenvalue weighted by Crippen LogP contribution is 2.32. The van der Waals surface area contributed by atoms with Crippen LogP contribution < -0.4 is 0 Å². The fraction of sp³-hybridized carbons (Fsp3) is 0.500. The van der Waals surface area contributed by atoms with Gasteiger partial charge in [0.05, 0.1) is 5.52 Å². The van der Waals surface area contributed by atoms with Crippen molar-refractivity contribution in [2.45, 2.75) is 52.5 Å². The Morgan fingerprint density at radius 3 is 2.55 bits per heavy atom. The maximum absolute atomic E-state index is 11.3. The summed E-state index contributed by atoms with van der Waals surface area (Å²) >= 11 is 6.24. The van der Waals surface area contributed by atoms with Gasteiger partial charge in [-0.1, -0.05) is 38.3 Å². The maximum Gasteiger partial charge on any atom is 0.152 e. The summed E-state index contributed by atoms with van der Waals surface area (Å²) in [6.45, 7) is 6.31. The molecule has 3 nitrogen and oxygen atoms in total. The number of halogens is 1. The molecule has 0 aliphatic heterocycles. The van der Waals surface area contributed by atoms with Crippen LogP contribution in [0.2, 0.25) is 5.15 Å². The molecule has 0 unspecified atom stereocenters. The molecule has 0 bridgehead atoms. The zero-order valence-corrected chi connectivity index (χ0v) is 13.1. The van der Waals surface area contributed by atoms with Crippen molar-refractivity contribution in [2.75, 3.05) is 0 Å². The lowest BCUT2D eigenvalue weighted by atomic mass is 10.1. The van der Waals surface area contributed by atoms with Crippen LogP contribution in [0.15, 0.2) is 12.3 Å². The maximum atomic E-state index is 11.3. The number of aldehydes is 1. The Kier molecular flexibility index (Phi) is 4.81. The second kappa shape index (κ2) is 6.40. The van der Waals surface area contributed by atoms with E-state index in [1.165, 1.54) is 0 Å². The van der Waals surface area contributed by atoms with Crippen LogP contribution in [0.1, 0.15) is 61.6 Å². The molecule has 0 amide bonds. The summed E-state index contributed by atoms with van der Waals surface area (Å²) in [5.41, 5.74) is 2.54. The van der Waals surface area contributed by atoms with Crippen molar-refractivity contribution >= 4 is 28.8 Å². The minimum absolute atomic E-state index is 0.416. The number of aryl methyl sites for hydroxylation is 1. The van der Waals surface area contributed by atoms with Gasteiger partial charge in [0.2, 0.25) is 0 Å². The first kappa shape index (κ1) is 15.0. The molecule has 0 fully saturated rings. The standard InChI is InChI=1S/C16H21ClN2O/c1-4-6-13(7-5-2)19-9-12(10-20)15-14(19)8-11(3)18-16(15)17/h8-10,13H,4-7H2,1-3H3. The topological polar surface area (TPSA) is 34.9 Å². The molecular formula is C16H21ClN2O. The largest absolute Gasteiger partial charge is 0.344 e. The van der Waals surface area contributed by atoms with Gasteiger partial charge in [-0.2, -0.15) is 0 Å². The summed E-state index contributed by atoms with van der Waals surface area (Å²) in [6, 6.07) is 2.44. The molecule has 0 N–H and O–H groups in total. The Hall–Kier alpha value is -1.35. The third kappa shape index (κ3) is 2.73. The number of fused-ring (bicyclic) bond motifs is 1. The number of pyridine rings is 1. The van der Waals surface area contributed by atoms with Crippen molar-refractivity contribution in [1.82, 2.24) is 9.55 Å². The normalized spacial score (nSPS) is 11.4. The van der Waals surface area contributed by atoms with Crippen LogP contribution in [-0.2, 0) is 0 Å². The molecule has 0 aliphatic carbocycles. The van der Waals surface area contributed by atoms with Gasteiger partial charge in [0.25, 0.3) is 0 Å². The average molecular weight is 293 g/mol. The van der Waals surface area contributed by atoms with Crippen LogP contribution in [0.4, 0.5) is 0 Å². The highest BCUT2D eigenvalue weighted by Gasteiger charge is 2.18. The van der Waals surface area contributed by atoms with Gasteiger partial charge in [-0.15, -0.1) is 0 Å². The number of hydrogen-bond donors (Lipinski definition) is 0. The second-order valence-electron chi connectivity index (χ2n) is 5.29. The van der Waals surface area contributed by atoms with Gasteiger partial charge in [0, 0.05) is 28.9 Å². The summed E-state index contributed by atoms with van der Waals surface area (Å²) in [5, 5.41) is 1.21. The third-order valence-corrected chi connectivity index (χ3v) is 3.97. The highest BCUT2D eigenvalue weighted by atomic mass is 35.5. The number of carbonyl (C=O) groups is 1. The molecule has 2 heterocycles. The van der Waals surface area contributed by atoms with Crippen LogP contribution >= 0.6 is 11.6 Å². The molecule has 2 aromatic heterocycles. The Morgan fingerprint density at radius 1 is 1.35 bits per heavy atom. The first-order valence-electron chi connectivity index (χ1n) is 7.25. The van der Waals surface area contributed by atoms with Gasteiger partial charge >= 0.3 is 0 Å². The van der Waals surface area contributed by atoms with Crippen LogP contribution in [0.25, 0.3) is 10.9 Å². The van der Waals surface area contributed by atoms with Crippen LogP contribution in [0.5, 0.6) is 0 Å². The summed E-state index contributed by atoms with van der Waals surface area (Å²) in [4.78, 5) is 15.6. The molecular weight excluding hydrogens is 272 g/mol. The quantitative estimate of drug-likeness (QED) is 0.557. The minimum Gasteiger partial charge on any atom is -0.344 e. The number of nitrogens with zero attached hydrogens (tertiary/aromatic N) is 2. The minimum atomic E-state index is 0.416. The molecule has 0 saturated heterocycles. The van der Waals surface area contributed by atoms with Crippen LogP contribution in [0.3, 0.4) is 0 Å². The summed E-state index contributed by atoms with van der Waals surface area (Å²) in [7, 11) is 0. The molecule has 4 heteroatoms. The van der Waals surface area contributed by atoms with Crippen LogP contribution in [-0.4, -0.2) is 15.8 Å². The van der Waals surface area contributed by atoms with E-state index in [2.05, 4.69) is 23.4 Å². The summed E-state index contributed by atoms with van der Waals surface area (Å²) in [5.74, 6) is 0. The number of rotatable bonds is 6. The van der Waals surface area contributed by atoms with E-state index in [-0.39, 0.29) is 0 Å². The van der Waals surface area contributed by atoms with Gasteiger partial charge in [-0.3, -0.25) is 4.79 Å². The SMILES string of the molecule is CCCC(CCC)n1cc(C=O)c2c(Cl)nc(C)cc21. The Morgan fingerprint density at radius 2 is 2.00 bits per heavy atom. The van der Waals surface area contributed by atoms with E-state index in [9.17, 15) is 4.79 Å². The van der Waals surface area contributed by atoms with Crippen molar-refractivity contribution in [2.24, 2.45) is 0 Å². The van der Waals surface area contributed by atoms with E-state index in [1.807, 2.05) is 19.2 Å². The van der Waals surface area contributed by atoms with E-state index in [1.54, 1.807) is 0 Å². The van der Waals surface area contributed by atoms with E-state index in [0.717, 1.165) is 48.6 Å². The van der Waals surface area contributed by atoms with Gasteiger partial charge in [0.1, 0.15) is 5.15 Å².